The van der Waals surface area contributed by atoms with Gasteiger partial charge in [-0.2, -0.15) is 5.10 Å². The molecule has 2 aromatic carbocycles. The van der Waals surface area contributed by atoms with Gasteiger partial charge in [-0.05, 0) is 43.7 Å². The van der Waals surface area contributed by atoms with Gasteiger partial charge in [0.1, 0.15) is 16.5 Å². The van der Waals surface area contributed by atoms with E-state index in [1.165, 1.54) is 6.07 Å². The van der Waals surface area contributed by atoms with Crippen molar-refractivity contribution in [2.45, 2.75) is 25.8 Å². The maximum absolute atomic E-state index is 14.1. The maximum Gasteiger partial charge on any atom is 0.320 e. The molecule has 1 aliphatic rings. The van der Waals surface area contributed by atoms with E-state index in [1.54, 1.807) is 31.7 Å². The zero-order valence-electron chi connectivity index (χ0n) is 22.2. The van der Waals surface area contributed by atoms with E-state index >= 15 is 0 Å². The number of benzene rings is 2. The van der Waals surface area contributed by atoms with E-state index in [0.717, 1.165) is 6.07 Å². The molecule has 1 saturated heterocycles. The van der Waals surface area contributed by atoms with E-state index in [-0.39, 0.29) is 16.8 Å². The first kappa shape index (κ1) is 27.8. The fourth-order valence-corrected chi connectivity index (χ4v) is 5.33. The van der Waals surface area contributed by atoms with Gasteiger partial charge in [-0.15, -0.1) is 0 Å². The summed E-state index contributed by atoms with van der Waals surface area (Å²) in [4.78, 5) is 15.5. The molecule has 1 fully saturated rings. The van der Waals surface area contributed by atoms with E-state index in [1.807, 2.05) is 30.3 Å². The number of aromatic nitrogens is 3. The monoisotopic (exact) mass is 570 g/mol. The second kappa shape index (κ2) is 11.7. The van der Waals surface area contributed by atoms with Crippen LogP contribution in [0.25, 0.3) is 16.9 Å². The average molecular weight is 571 g/mol. The smallest absolute Gasteiger partial charge is 0.320 e. The molecule has 3 heterocycles. The lowest BCUT2D eigenvalue weighted by atomic mass is 9.94. The molecular weight excluding hydrogens is 542 g/mol. The van der Waals surface area contributed by atoms with Crippen LogP contribution in [-0.2, 0) is 4.74 Å². The number of nitrogens with zero attached hydrogens (tertiary/aromatic N) is 4. The van der Waals surface area contributed by atoms with Crippen LogP contribution in [-0.4, -0.2) is 65.3 Å². The Hall–Kier alpha value is -3.80. The van der Waals surface area contributed by atoms with Gasteiger partial charge in [-0.25, -0.2) is 18.3 Å². The molecule has 5 rings (SSSR count). The highest BCUT2D eigenvalue weighted by atomic mass is 35.5. The van der Waals surface area contributed by atoms with Gasteiger partial charge in [0.15, 0.2) is 17.5 Å². The number of likely N-dealkylation sites (tertiary alicyclic amines) is 1. The molecule has 2 N–H and O–H groups in total. The largest absolute Gasteiger partial charge is 0.383 e. The Labute approximate surface area is 235 Å². The number of aryl methyl sites for hydroxylation is 2. The molecule has 0 saturated carbocycles. The van der Waals surface area contributed by atoms with Gasteiger partial charge >= 0.3 is 6.03 Å². The summed E-state index contributed by atoms with van der Waals surface area (Å²) < 4.78 is 39.8. The molecule has 0 bridgehead atoms. The van der Waals surface area contributed by atoms with Gasteiger partial charge in [0.25, 0.3) is 0 Å². The number of urea groups is 1. The van der Waals surface area contributed by atoms with Gasteiger partial charge in [-0.1, -0.05) is 41.0 Å². The highest BCUT2D eigenvalue weighted by molar-refractivity contribution is 6.36. The van der Waals surface area contributed by atoms with Crippen LogP contribution in [0.15, 0.2) is 53.1 Å². The Bertz CT molecular complexity index is 1490. The molecule has 2 amide bonds. The number of methoxy groups -OCH3 is 1. The summed E-state index contributed by atoms with van der Waals surface area (Å²) in [7, 11) is 1.61. The molecule has 2 atom stereocenters. The minimum absolute atomic E-state index is 0.221. The van der Waals surface area contributed by atoms with Crippen molar-refractivity contribution in [2.24, 2.45) is 0 Å². The van der Waals surface area contributed by atoms with Gasteiger partial charge in [0, 0.05) is 32.7 Å². The van der Waals surface area contributed by atoms with E-state index in [9.17, 15) is 13.6 Å². The van der Waals surface area contributed by atoms with Crippen LogP contribution >= 0.6 is 11.6 Å². The van der Waals surface area contributed by atoms with Crippen molar-refractivity contribution in [3.8, 4) is 16.9 Å². The summed E-state index contributed by atoms with van der Waals surface area (Å²) in [5.41, 5.74) is 2.96. The lowest BCUT2D eigenvalue weighted by Gasteiger charge is -2.21. The molecular formula is C28H29ClF2N6O3. The van der Waals surface area contributed by atoms with Gasteiger partial charge in [0.05, 0.1) is 29.6 Å². The Morgan fingerprint density at radius 1 is 1.15 bits per heavy atom. The van der Waals surface area contributed by atoms with Crippen LogP contribution in [0, 0.1) is 25.5 Å². The number of ether oxygens (including phenoxy) is 1. The van der Waals surface area contributed by atoms with Crippen LogP contribution in [0.1, 0.15) is 22.9 Å². The van der Waals surface area contributed by atoms with E-state index < -0.39 is 23.7 Å². The maximum atomic E-state index is 14.1. The minimum Gasteiger partial charge on any atom is -0.383 e. The molecule has 210 valence electrons. The topological polar surface area (TPSA) is 97.5 Å². The lowest BCUT2D eigenvalue weighted by Crippen LogP contribution is -2.42. The minimum atomic E-state index is -0.929. The number of halogens is 3. The molecule has 4 aromatic rings. The number of anilines is 1. The number of hydrogen-bond donors (Lipinski definition) is 2. The molecule has 9 nitrogen and oxygen atoms in total. The SMILES string of the molecule is COCCN1C[C@@H](NC(=O)Nc2c(Cl)c(-c3c(C)noc3C)nn2-c2ccccc2)[C@H](c2ccc(F)c(F)c2)C1. The third-order valence-corrected chi connectivity index (χ3v) is 7.38. The summed E-state index contributed by atoms with van der Waals surface area (Å²) in [5.74, 6) is -1.31. The first-order chi connectivity index (χ1) is 19.3. The highest BCUT2D eigenvalue weighted by Gasteiger charge is 2.35. The first-order valence-electron chi connectivity index (χ1n) is 12.8. The predicted octanol–water partition coefficient (Wildman–Crippen LogP) is 5.31. The Morgan fingerprint density at radius 3 is 2.60 bits per heavy atom. The molecule has 0 spiro atoms. The van der Waals surface area contributed by atoms with Gasteiger partial charge in [-0.3, -0.25) is 10.2 Å². The van der Waals surface area contributed by atoms with E-state index in [4.69, 9.17) is 26.0 Å². The third kappa shape index (κ3) is 5.58. The molecule has 2 aromatic heterocycles. The average Bonchev–Trinajstić information content (AvgIpc) is 3.60. The van der Waals surface area contributed by atoms with Crippen LogP contribution in [0.3, 0.4) is 0 Å². The number of amides is 2. The van der Waals surface area contributed by atoms with Crippen LogP contribution in [0.2, 0.25) is 5.02 Å². The third-order valence-electron chi connectivity index (χ3n) is 7.03. The zero-order chi connectivity index (χ0) is 28.4. The molecule has 40 heavy (non-hydrogen) atoms. The Morgan fingerprint density at radius 2 is 1.93 bits per heavy atom. The summed E-state index contributed by atoms with van der Waals surface area (Å²) in [6.07, 6.45) is 0. The summed E-state index contributed by atoms with van der Waals surface area (Å²) in [6, 6.07) is 12.2. The Balaban J connectivity index is 1.44. The molecule has 0 unspecified atom stereocenters. The molecule has 0 radical (unpaired) electrons. The molecule has 0 aliphatic carbocycles. The number of nitrogens with one attached hydrogen (secondary N) is 2. The molecule has 12 heteroatoms. The van der Waals surface area contributed by atoms with Gasteiger partial charge in [0.2, 0.25) is 0 Å². The van der Waals surface area contributed by atoms with Crippen molar-refractivity contribution in [1.29, 1.82) is 0 Å². The number of rotatable bonds is 8. The second-order valence-electron chi connectivity index (χ2n) is 9.70. The highest BCUT2D eigenvalue weighted by Crippen LogP contribution is 2.38. The van der Waals surface area contributed by atoms with Crippen molar-refractivity contribution in [3.05, 3.63) is 82.2 Å². The van der Waals surface area contributed by atoms with Crippen molar-refractivity contribution in [3.63, 3.8) is 0 Å². The fraction of sp³-hybridized carbons (Fsp3) is 0.321. The van der Waals surface area contributed by atoms with Crippen molar-refractivity contribution >= 4 is 23.4 Å². The van der Waals surface area contributed by atoms with Crippen LogP contribution < -0.4 is 10.6 Å². The summed E-state index contributed by atoms with van der Waals surface area (Å²) in [5, 5.41) is 14.8. The molecule has 1 aliphatic heterocycles. The lowest BCUT2D eigenvalue weighted by molar-refractivity contribution is 0.159. The number of hydrogen-bond acceptors (Lipinski definition) is 6. The van der Waals surface area contributed by atoms with Crippen LogP contribution in [0.5, 0.6) is 0 Å². The number of para-hydroxylation sites is 1. The van der Waals surface area contributed by atoms with E-state index in [2.05, 4.69) is 20.7 Å². The zero-order valence-corrected chi connectivity index (χ0v) is 23.0. The second-order valence-corrected chi connectivity index (χ2v) is 10.1. The summed E-state index contributed by atoms with van der Waals surface area (Å²) in [6.45, 7) is 5.72. The van der Waals surface area contributed by atoms with Crippen molar-refractivity contribution in [2.75, 3.05) is 38.7 Å². The van der Waals surface area contributed by atoms with Gasteiger partial charge < -0.3 is 14.6 Å². The van der Waals surface area contributed by atoms with Crippen molar-refractivity contribution in [1.82, 2.24) is 25.2 Å². The Kier molecular flexibility index (Phi) is 8.15. The normalized spacial score (nSPS) is 17.4. The fourth-order valence-electron chi connectivity index (χ4n) is 5.07. The first-order valence-corrected chi connectivity index (χ1v) is 13.2. The number of carbonyl (C=O) groups is 1. The quantitative estimate of drug-likeness (QED) is 0.298. The van der Waals surface area contributed by atoms with Crippen LogP contribution in [0.4, 0.5) is 19.4 Å². The predicted molar refractivity (Wildman–Crippen MR) is 147 cm³/mol. The van der Waals surface area contributed by atoms with E-state index in [0.29, 0.717) is 60.2 Å². The van der Waals surface area contributed by atoms with Crippen molar-refractivity contribution < 1.29 is 22.8 Å². The standard InChI is InChI=1S/C28H29ClF2N6O3/c1-16-24(17(2)40-35-16)26-25(29)27(37(34-26)19-7-5-4-6-8-19)33-28(38)32-23-15-36(11-12-39-3)14-20(23)18-9-10-21(30)22(31)13-18/h4-10,13,20,23H,11-12,14-15H2,1-3H3,(H2,32,33,38)/t20-,23+/m0/s1. The number of carbonyl (C=O) groups excluding carboxylic acids is 1. The summed E-state index contributed by atoms with van der Waals surface area (Å²) >= 11 is 6.82.